The summed E-state index contributed by atoms with van der Waals surface area (Å²) >= 11 is 0. The number of nitrogens with zero attached hydrogens (tertiary/aromatic N) is 2. The van der Waals surface area contributed by atoms with Gasteiger partial charge in [-0.15, -0.1) is 0 Å². The summed E-state index contributed by atoms with van der Waals surface area (Å²) in [5.41, 5.74) is 3.09. The van der Waals surface area contributed by atoms with Gasteiger partial charge in [-0.1, -0.05) is 62.4 Å². The van der Waals surface area contributed by atoms with Crippen LogP contribution in [0.2, 0.25) is 0 Å². The lowest BCUT2D eigenvalue weighted by molar-refractivity contribution is -0.145. The van der Waals surface area contributed by atoms with Crippen molar-refractivity contribution < 1.29 is 33.9 Å². The minimum atomic E-state index is -1.14. The van der Waals surface area contributed by atoms with Gasteiger partial charge in [-0.2, -0.15) is 0 Å². The highest BCUT2D eigenvalue weighted by Crippen LogP contribution is 2.26. The molecule has 2 heterocycles. The zero-order valence-corrected chi connectivity index (χ0v) is 26.0. The van der Waals surface area contributed by atoms with Crippen LogP contribution in [0.3, 0.4) is 0 Å². The molecular weight excluding hydrogens is 590 g/mol. The van der Waals surface area contributed by atoms with E-state index in [0.717, 1.165) is 11.1 Å². The van der Waals surface area contributed by atoms with Crippen molar-refractivity contribution in [1.29, 1.82) is 0 Å². The Morgan fingerprint density at radius 1 is 0.891 bits per heavy atom. The Morgan fingerprint density at radius 2 is 1.57 bits per heavy atom. The number of likely N-dealkylation sites (tertiary alicyclic amines) is 1. The number of aliphatic carboxylic acids is 1. The zero-order valence-electron chi connectivity index (χ0n) is 26.0. The molecule has 2 aliphatic heterocycles. The highest BCUT2D eigenvalue weighted by molar-refractivity contribution is 5.97. The number of hydrogen-bond donors (Lipinski definition) is 4. The van der Waals surface area contributed by atoms with Gasteiger partial charge in [-0.25, -0.2) is 4.79 Å². The second kappa shape index (κ2) is 15.7. The monoisotopic (exact) mass is 629 g/mol. The topological polar surface area (TPSA) is 165 Å². The van der Waals surface area contributed by atoms with Crippen molar-refractivity contribution in [3.8, 4) is 11.8 Å². The van der Waals surface area contributed by atoms with Crippen molar-refractivity contribution in [3.05, 3.63) is 65.2 Å². The van der Waals surface area contributed by atoms with Gasteiger partial charge >= 0.3 is 5.97 Å². The second-order valence-corrected chi connectivity index (χ2v) is 11.4. The minimum Gasteiger partial charge on any atom is -0.480 e. The third kappa shape index (κ3) is 8.50. The standard InChI is InChI=1S/C34H39N5O7/c1-3-22(2)32(34(45)46)37-33(44)27-13-8-18-38(27)31(43)20-36-29(41)19-35-28(40)16-17-30(42)39-21-25-11-5-4-9-23(25)14-15-24-10-6-7-12-26(24)39/h4-7,9-12,22,27,32H,3,8,13,16-21H2,1-2H3,(H,35,40)(H,36,41)(H,37,44)(H,45,46)/t22?,27-,32?/m0/s1. The summed E-state index contributed by atoms with van der Waals surface area (Å²) in [7, 11) is 0. The molecular formula is C34H39N5O7. The summed E-state index contributed by atoms with van der Waals surface area (Å²) < 4.78 is 0. The van der Waals surface area contributed by atoms with Crippen LogP contribution in [0.15, 0.2) is 48.5 Å². The first-order valence-electron chi connectivity index (χ1n) is 15.4. The van der Waals surface area contributed by atoms with Gasteiger partial charge < -0.3 is 30.9 Å². The number of anilines is 1. The lowest BCUT2D eigenvalue weighted by Gasteiger charge is -2.27. The number of amides is 5. The molecule has 0 radical (unpaired) electrons. The molecule has 2 unspecified atom stereocenters. The van der Waals surface area contributed by atoms with Crippen LogP contribution in [0, 0.1) is 17.8 Å². The van der Waals surface area contributed by atoms with Crippen molar-refractivity contribution in [3.63, 3.8) is 0 Å². The number of benzene rings is 2. The fourth-order valence-corrected chi connectivity index (χ4v) is 5.44. The molecule has 3 atom stereocenters. The first-order chi connectivity index (χ1) is 22.1. The van der Waals surface area contributed by atoms with Gasteiger partial charge in [0.1, 0.15) is 12.1 Å². The van der Waals surface area contributed by atoms with Crippen molar-refractivity contribution in [2.45, 2.75) is 64.6 Å². The molecule has 1 fully saturated rings. The van der Waals surface area contributed by atoms with Crippen LogP contribution in [0.4, 0.5) is 5.69 Å². The van der Waals surface area contributed by atoms with Gasteiger partial charge in [0.05, 0.1) is 25.3 Å². The van der Waals surface area contributed by atoms with Gasteiger partial charge in [0.2, 0.25) is 29.5 Å². The number of carbonyl (C=O) groups excluding carboxylic acids is 5. The maximum Gasteiger partial charge on any atom is 0.326 e. The number of rotatable bonds is 12. The van der Waals surface area contributed by atoms with E-state index in [0.29, 0.717) is 43.6 Å². The van der Waals surface area contributed by atoms with E-state index in [1.54, 1.807) is 11.8 Å². The Bertz CT molecular complexity index is 1560. The van der Waals surface area contributed by atoms with E-state index in [1.807, 2.05) is 55.5 Å². The van der Waals surface area contributed by atoms with Crippen LogP contribution in [0.5, 0.6) is 0 Å². The molecule has 46 heavy (non-hydrogen) atoms. The van der Waals surface area contributed by atoms with E-state index in [-0.39, 0.29) is 31.2 Å². The van der Waals surface area contributed by atoms with E-state index in [9.17, 15) is 33.9 Å². The third-order valence-electron chi connectivity index (χ3n) is 8.27. The van der Waals surface area contributed by atoms with Gasteiger partial charge in [0.15, 0.2) is 0 Å². The number of nitrogens with one attached hydrogen (secondary N) is 3. The largest absolute Gasteiger partial charge is 0.480 e. The Hall–Kier alpha value is -5.18. The van der Waals surface area contributed by atoms with Gasteiger partial charge in [-0.05, 0) is 42.5 Å². The van der Waals surface area contributed by atoms with Gasteiger partial charge in [-0.3, -0.25) is 24.0 Å². The Morgan fingerprint density at radius 3 is 2.30 bits per heavy atom. The van der Waals surface area contributed by atoms with Gasteiger partial charge in [0, 0.05) is 30.5 Å². The third-order valence-corrected chi connectivity index (χ3v) is 8.27. The summed E-state index contributed by atoms with van der Waals surface area (Å²) in [6.45, 7) is 3.38. The molecule has 2 aliphatic rings. The predicted octanol–water partition coefficient (Wildman–Crippen LogP) is 1.55. The van der Waals surface area contributed by atoms with Crippen molar-refractivity contribution >= 4 is 41.2 Å². The number of carboxylic acid groups (broad SMARTS) is 1. The molecule has 1 saturated heterocycles. The summed E-state index contributed by atoms with van der Waals surface area (Å²) in [6, 6.07) is 13.0. The highest BCUT2D eigenvalue weighted by Gasteiger charge is 2.36. The maximum absolute atomic E-state index is 13.3. The Balaban J connectivity index is 1.24. The molecule has 5 amide bonds. The maximum atomic E-state index is 13.3. The molecule has 0 aliphatic carbocycles. The molecule has 0 saturated carbocycles. The van der Waals surface area contributed by atoms with E-state index in [2.05, 4.69) is 27.8 Å². The van der Waals surface area contributed by atoms with Crippen LogP contribution in [0.25, 0.3) is 0 Å². The van der Waals surface area contributed by atoms with E-state index in [4.69, 9.17) is 0 Å². The van der Waals surface area contributed by atoms with Crippen LogP contribution < -0.4 is 20.9 Å². The van der Waals surface area contributed by atoms with Crippen LogP contribution in [0.1, 0.15) is 62.6 Å². The summed E-state index contributed by atoms with van der Waals surface area (Å²) in [4.78, 5) is 78.5. The smallest absolute Gasteiger partial charge is 0.326 e. The Kier molecular flexibility index (Phi) is 11.5. The molecule has 2 aromatic carbocycles. The van der Waals surface area contributed by atoms with E-state index in [1.165, 1.54) is 4.90 Å². The number of carboxylic acids is 1. The van der Waals surface area contributed by atoms with Crippen molar-refractivity contribution in [2.24, 2.45) is 5.92 Å². The number of fused-ring (bicyclic) bond motifs is 2. The number of hydrogen-bond acceptors (Lipinski definition) is 6. The fraction of sp³-hybridized carbons (Fsp3) is 0.412. The lowest BCUT2D eigenvalue weighted by Crippen LogP contribution is -2.54. The highest BCUT2D eigenvalue weighted by atomic mass is 16.4. The second-order valence-electron chi connectivity index (χ2n) is 11.4. The predicted molar refractivity (Wildman–Crippen MR) is 169 cm³/mol. The quantitative estimate of drug-likeness (QED) is 0.259. The summed E-state index contributed by atoms with van der Waals surface area (Å²) in [6.07, 6.45) is 1.28. The van der Waals surface area contributed by atoms with Crippen LogP contribution >= 0.6 is 0 Å². The average molecular weight is 630 g/mol. The molecule has 242 valence electrons. The molecule has 12 heteroatoms. The molecule has 0 bridgehead atoms. The lowest BCUT2D eigenvalue weighted by atomic mass is 9.99. The average Bonchev–Trinajstić information content (AvgIpc) is 3.55. The molecule has 0 spiro atoms. The minimum absolute atomic E-state index is 0.0892. The van der Waals surface area contributed by atoms with Gasteiger partial charge in [0.25, 0.3) is 0 Å². The molecule has 4 rings (SSSR count). The van der Waals surface area contributed by atoms with Crippen molar-refractivity contribution in [2.75, 3.05) is 24.5 Å². The Labute approximate surface area is 267 Å². The summed E-state index contributed by atoms with van der Waals surface area (Å²) in [5.74, 6) is 2.47. The zero-order chi connectivity index (χ0) is 33.2. The van der Waals surface area contributed by atoms with E-state index < -0.39 is 48.2 Å². The van der Waals surface area contributed by atoms with Crippen LogP contribution in [-0.4, -0.2) is 77.2 Å². The normalized spacial score (nSPS) is 16.3. The summed E-state index contributed by atoms with van der Waals surface area (Å²) in [5, 5.41) is 17.0. The molecule has 12 nitrogen and oxygen atoms in total. The first kappa shape index (κ1) is 33.7. The van der Waals surface area contributed by atoms with E-state index >= 15 is 0 Å². The number of para-hydroxylation sites is 1. The fourth-order valence-electron chi connectivity index (χ4n) is 5.44. The molecule has 0 aromatic heterocycles. The number of carbonyl (C=O) groups is 6. The SMILES string of the molecule is CCC(C)C(NC(=O)[C@@H]1CCCN1C(=O)CNC(=O)CNC(=O)CCC(=O)N1Cc2ccccc2C#Cc2ccccc21)C(=O)O. The molecule has 4 N–H and O–H groups in total. The van der Waals surface area contributed by atoms with Crippen LogP contribution in [-0.2, 0) is 35.3 Å². The molecule has 2 aromatic rings. The first-order valence-corrected chi connectivity index (χ1v) is 15.4. The van der Waals surface area contributed by atoms with Crippen molar-refractivity contribution in [1.82, 2.24) is 20.9 Å².